The van der Waals surface area contributed by atoms with Gasteiger partial charge in [0.05, 0.1) is 17.7 Å². The molecule has 0 amide bonds. The van der Waals surface area contributed by atoms with E-state index in [0.29, 0.717) is 11.7 Å². The highest BCUT2D eigenvalue weighted by atomic mass is 16.5. The monoisotopic (exact) mass is 231 g/mol. The fourth-order valence-electron chi connectivity index (χ4n) is 2.20. The zero-order chi connectivity index (χ0) is 12.3. The predicted molar refractivity (Wildman–Crippen MR) is 65.9 cm³/mol. The molecule has 0 bridgehead atoms. The average Bonchev–Trinajstić information content (AvgIpc) is 2.38. The van der Waals surface area contributed by atoms with Crippen LogP contribution in [0.3, 0.4) is 0 Å². The van der Waals surface area contributed by atoms with Crippen LogP contribution in [0.15, 0.2) is 12.1 Å². The molecule has 1 saturated heterocycles. The van der Waals surface area contributed by atoms with Crippen molar-refractivity contribution in [1.82, 2.24) is 4.98 Å². The second kappa shape index (κ2) is 5.15. The van der Waals surface area contributed by atoms with E-state index in [4.69, 9.17) is 10.00 Å². The fourth-order valence-corrected chi connectivity index (χ4v) is 2.20. The van der Waals surface area contributed by atoms with Crippen molar-refractivity contribution in [2.24, 2.45) is 0 Å². The number of rotatable bonds is 2. The molecule has 1 aliphatic heterocycles. The summed E-state index contributed by atoms with van der Waals surface area (Å²) in [5.74, 6) is 0.913. The van der Waals surface area contributed by atoms with Crippen molar-refractivity contribution in [2.75, 3.05) is 25.1 Å². The molecule has 1 fully saturated rings. The van der Waals surface area contributed by atoms with Gasteiger partial charge in [-0.2, -0.15) is 5.26 Å². The molecule has 4 heteroatoms. The Labute approximate surface area is 102 Å². The summed E-state index contributed by atoms with van der Waals surface area (Å²) in [6.45, 7) is 3.81. The van der Waals surface area contributed by atoms with Gasteiger partial charge in [-0.1, -0.05) is 0 Å². The number of nitriles is 1. The van der Waals surface area contributed by atoms with Gasteiger partial charge in [-0.15, -0.1) is 0 Å². The highest BCUT2D eigenvalue weighted by Gasteiger charge is 2.19. The molecule has 2 heterocycles. The SMILES string of the molecule is COC1CCN(c2cc(C#N)cc(C)n2)CC1. The lowest BCUT2D eigenvalue weighted by Gasteiger charge is -2.32. The number of anilines is 1. The van der Waals surface area contributed by atoms with Crippen LogP contribution in [0, 0.1) is 18.3 Å². The number of piperidine rings is 1. The Balaban J connectivity index is 2.13. The minimum absolute atomic E-state index is 0.367. The molecule has 0 N–H and O–H groups in total. The van der Waals surface area contributed by atoms with Gasteiger partial charge in [0.15, 0.2) is 0 Å². The van der Waals surface area contributed by atoms with Crippen molar-refractivity contribution in [3.8, 4) is 6.07 Å². The Morgan fingerprint density at radius 2 is 2.12 bits per heavy atom. The molecule has 90 valence electrons. The Morgan fingerprint density at radius 1 is 1.41 bits per heavy atom. The van der Waals surface area contributed by atoms with Crippen LogP contribution in [0.5, 0.6) is 0 Å². The molecule has 0 aromatic carbocycles. The molecule has 1 aromatic heterocycles. The first-order valence-electron chi connectivity index (χ1n) is 5.89. The van der Waals surface area contributed by atoms with Crippen molar-refractivity contribution in [3.05, 3.63) is 23.4 Å². The molecule has 1 aromatic rings. The number of hydrogen-bond acceptors (Lipinski definition) is 4. The summed E-state index contributed by atoms with van der Waals surface area (Å²) in [4.78, 5) is 6.72. The van der Waals surface area contributed by atoms with Crippen LogP contribution in [0.4, 0.5) is 5.82 Å². The minimum atomic E-state index is 0.367. The number of methoxy groups -OCH3 is 1. The molecule has 0 atom stereocenters. The zero-order valence-corrected chi connectivity index (χ0v) is 10.3. The molecule has 0 spiro atoms. The highest BCUT2D eigenvalue weighted by Crippen LogP contribution is 2.20. The smallest absolute Gasteiger partial charge is 0.130 e. The third kappa shape index (κ3) is 2.75. The molecule has 0 unspecified atom stereocenters. The van der Waals surface area contributed by atoms with E-state index in [1.807, 2.05) is 19.1 Å². The molecule has 4 nitrogen and oxygen atoms in total. The average molecular weight is 231 g/mol. The molecule has 0 saturated carbocycles. The number of ether oxygens (including phenoxy) is 1. The second-order valence-electron chi connectivity index (χ2n) is 4.39. The zero-order valence-electron chi connectivity index (χ0n) is 10.3. The predicted octanol–water partition coefficient (Wildman–Crippen LogP) is 1.88. The molecular formula is C13H17N3O. The standard InChI is InChI=1S/C13H17N3O/c1-10-7-11(9-14)8-13(15-10)16-5-3-12(17-2)4-6-16/h7-8,12H,3-6H2,1-2H3. The van der Waals surface area contributed by atoms with Gasteiger partial charge < -0.3 is 9.64 Å². The number of hydrogen-bond donors (Lipinski definition) is 0. The quantitative estimate of drug-likeness (QED) is 0.779. The Bertz CT molecular complexity index is 431. The lowest BCUT2D eigenvalue weighted by molar-refractivity contribution is 0.0818. The second-order valence-corrected chi connectivity index (χ2v) is 4.39. The van der Waals surface area contributed by atoms with Crippen molar-refractivity contribution in [3.63, 3.8) is 0 Å². The molecule has 0 radical (unpaired) electrons. The maximum Gasteiger partial charge on any atom is 0.130 e. The molecule has 17 heavy (non-hydrogen) atoms. The van der Waals surface area contributed by atoms with Crippen molar-refractivity contribution >= 4 is 5.82 Å². The number of pyridine rings is 1. The first-order valence-corrected chi connectivity index (χ1v) is 5.89. The van der Waals surface area contributed by atoms with E-state index < -0.39 is 0 Å². The van der Waals surface area contributed by atoms with Crippen LogP contribution in [0.2, 0.25) is 0 Å². The first-order chi connectivity index (χ1) is 8.22. The van der Waals surface area contributed by atoms with E-state index >= 15 is 0 Å². The van der Waals surface area contributed by atoms with Crippen LogP contribution < -0.4 is 4.90 Å². The van der Waals surface area contributed by atoms with E-state index in [0.717, 1.165) is 37.4 Å². The lowest BCUT2D eigenvalue weighted by atomic mass is 10.1. The van der Waals surface area contributed by atoms with E-state index in [2.05, 4.69) is 16.0 Å². The summed E-state index contributed by atoms with van der Waals surface area (Å²) in [5, 5.41) is 8.95. The Morgan fingerprint density at radius 3 is 2.71 bits per heavy atom. The van der Waals surface area contributed by atoms with Gasteiger partial charge in [-0.3, -0.25) is 0 Å². The van der Waals surface area contributed by atoms with Gasteiger partial charge >= 0.3 is 0 Å². The summed E-state index contributed by atoms with van der Waals surface area (Å²) in [6, 6.07) is 5.85. The molecule has 1 aliphatic rings. The Kier molecular flexibility index (Phi) is 3.60. The number of aryl methyl sites for hydroxylation is 1. The third-order valence-corrected chi connectivity index (χ3v) is 3.17. The van der Waals surface area contributed by atoms with E-state index in [1.54, 1.807) is 7.11 Å². The van der Waals surface area contributed by atoms with Gasteiger partial charge in [0.1, 0.15) is 5.82 Å². The molecule has 2 rings (SSSR count). The molecular weight excluding hydrogens is 214 g/mol. The Hall–Kier alpha value is -1.60. The van der Waals surface area contributed by atoms with Gasteiger partial charge in [0.25, 0.3) is 0 Å². The van der Waals surface area contributed by atoms with Crippen molar-refractivity contribution in [1.29, 1.82) is 5.26 Å². The third-order valence-electron chi connectivity index (χ3n) is 3.17. The summed E-state index contributed by atoms with van der Waals surface area (Å²) in [5.41, 5.74) is 1.58. The van der Waals surface area contributed by atoms with Crippen molar-refractivity contribution in [2.45, 2.75) is 25.9 Å². The van der Waals surface area contributed by atoms with Crippen LogP contribution in [-0.2, 0) is 4.74 Å². The largest absolute Gasteiger partial charge is 0.381 e. The van der Waals surface area contributed by atoms with E-state index in [1.165, 1.54) is 0 Å². The first kappa shape index (κ1) is 11.9. The maximum absolute atomic E-state index is 8.95. The van der Waals surface area contributed by atoms with Crippen LogP contribution in [-0.4, -0.2) is 31.3 Å². The van der Waals surface area contributed by atoms with Gasteiger partial charge in [-0.05, 0) is 31.9 Å². The van der Waals surface area contributed by atoms with Crippen molar-refractivity contribution < 1.29 is 4.74 Å². The topological polar surface area (TPSA) is 49.1 Å². The summed E-state index contributed by atoms with van der Waals surface area (Å²) in [7, 11) is 1.76. The van der Waals surface area contributed by atoms with Gasteiger partial charge in [0.2, 0.25) is 0 Å². The van der Waals surface area contributed by atoms with Crippen LogP contribution in [0.1, 0.15) is 24.1 Å². The fraction of sp³-hybridized carbons (Fsp3) is 0.538. The van der Waals surface area contributed by atoms with Gasteiger partial charge in [0, 0.05) is 25.9 Å². The summed E-state index contributed by atoms with van der Waals surface area (Å²) in [6.07, 6.45) is 2.41. The number of aromatic nitrogens is 1. The minimum Gasteiger partial charge on any atom is -0.381 e. The van der Waals surface area contributed by atoms with E-state index in [-0.39, 0.29) is 0 Å². The van der Waals surface area contributed by atoms with E-state index in [9.17, 15) is 0 Å². The summed E-state index contributed by atoms with van der Waals surface area (Å²) >= 11 is 0. The highest BCUT2D eigenvalue weighted by molar-refractivity contribution is 5.46. The van der Waals surface area contributed by atoms with Gasteiger partial charge in [-0.25, -0.2) is 4.98 Å². The normalized spacial score (nSPS) is 16.9. The summed E-state index contributed by atoms with van der Waals surface area (Å²) < 4.78 is 5.34. The van der Waals surface area contributed by atoms with Crippen LogP contribution in [0.25, 0.3) is 0 Å². The lowest BCUT2D eigenvalue weighted by Crippen LogP contribution is -2.37. The maximum atomic E-state index is 8.95. The number of nitrogens with zero attached hydrogens (tertiary/aromatic N) is 3. The molecule has 0 aliphatic carbocycles. The van der Waals surface area contributed by atoms with Crippen LogP contribution >= 0.6 is 0 Å².